The highest BCUT2D eigenvalue weighted by Gasteiger charge is 2.07. The number of ether oxygens (including phenoxy) is 3. The second-order valence-corrected chi connectivity index (χ2v) is 9.17. The van der Waals surface area contributed by atoms with Crippen LogP contribution in [0.25, 0.3) is 6.08 Å². The molecule has 0 aliphatic carbocycles. The van der Waals surface area contributed by atoms with Crippen molar-refractivity contribution < 1.29 is 27.4 Å². The van der Waals surface area contributed by atoms with Crippen molar-refractivity contribution in [2.75, 3.05) is 31.0 Å². The fourth-order valence-electron chi connectivity index (χ4n) is 2.47. The lowest BCUT2D eigenvalue weighted by Gasteiger charge is -2.13. The SMILES string of the molecule is COc1cc(/C=C/C(=O)Nc2cccc(OCCS(C)(=O)=O)c2)ccc1OC(C)C. The molecule has 30 heavy (non-hydrogen) atoms. The zero-order valence-corrected chi connectivity index (χ0v) is 18.4. The fourth-order valence-corrected chi connectivity index (χ4v) is 2.86. The predicted molar refractivity (Wildman–Crippen MR) is 118 cm³/mol. The number of amides is 1. The van der Waals surface area contributed by atoms with Gasteiger partial charge in [0, 0.05) is 24.1 Å². The first kappa shape index (κ1) is 23.3. The van der Waals surface area contributed by atoms with Gasteiger partial charge in [-0.15, -0.1) is 0 Å². The van der Waals surface area contributed by atoms with Crippen LogP contribution in [0, 0.1) is 0 Å². The molecule has 8 heteroatoms. The van der Waals surface area contributed by atoms with Gasteiger partial charge in [-0.2, -0.15) is 0 Å². The Morgan fingerprint density at radius 2 is 1.90 bits per heavy atom. The van der Waals surface area contributed by atoms with Crippen LogP contribution >= 0.6 is 0 Å². The van der Waals surface area contributed by atoms with Crippen molar-refractivity contribution in [3.8, 4) is 17.2 Å². The minimum atomic E-state index is -3.09. The molecule has 0 bridgehead atoms. The van der Waals surface area contributed by atoms with E-state index < -0.39 is 9.84 Å². The average Bonchev–Trinajstić information content (AvgIpc) is 2.66. The Morgan fingerprint density at radius 1 is 1.13 bits per heavy atom. The lowest BCUT2D eigenvalue weighted by molar-refractivity contribution is -0.111. The van der Waals surface area contributed by atoms with Crippen LogP contribution < -0.4 is 19.5 Å². The average molecular weight is 434 g/mol. The van der Waals surface area contributed by atoms with Crippen molar-refractivity contribution in [2.45, 2.75) is 20.0 Å². The maximum Gasteiger partial charge on any atom is 0.248 e. The molecule has 1 N–H and O–H groups in total. The molecule has 0 saturated heterocycles. The first-order valence-corrected chi connectivity index (χ1v) is 11.5. The molecule has 0 aliphatic heterocycles. The van der Waals surface area contributed by atoms with Crippen molar-refractivity contribution >= 4 is 27.5 Å². The van der Waals surface area contributed by atoms with Crippen LogP contribution in [0.15, 0.2) is 48.5 Å². The molecule has 1 amide bonds. The Kier molecular flexibility index (Phi) is 8.29. The highest BCUT2D eigenvalue weighted by molar-refractivity contribution is 7.90. The highest BCUT2D eigenvalue weighted by Crippen LogP contribution is 2.29. The van der Waals surface area contributed by atoms with E-state index in [1.807, 2.05) is 19.9 Å². The molecule has 0 spiro atoms. The van der Waals surface area contributed by atoms with Gasteiger partial charge in [0.1, 0.15) is 12.4 Å². The summed E-state index contributed by atoms with van der Waals surface area (Å²) in [6.45, 7) is 3.92. The van der Waals surface area contributed by atoms with Gasteiger partial charge in [0.05, 0.1) is 19.0 Å². The number of carbonyl (C=O) groups excluding carboxylic acids is 1. The van der Waals surface area contributed by atoms with Gasteiger partial charge in [-0.1, -0.05) is 12.1 Å². The topological polar surface area (TPSA) is 90.9 Å². The van der Waals surface area contributed by atoms with Gasteiger partial charge < -0.3 is 19.5 Å². The van der Waals surface area contributed by atoms with E-state index in [2.05, 4.69) is 5.32 Å². The number of nitrogens with one attached hydrogen (secondary N) is 1. The molecule has 0 heterocycles. The Hall–Kier alpha value is -3.00. The number of anilines is 1. The van der Waals surface area contributed by atoms with Gasteiger partial charge in [-0.3, -0.25) is 4.79 Å². The van der Waals surface area contributed by atoms with E-state index in [0.717, 1.165) is 11.8 Å². The third-order valence-corrected chi connectivity index (χ3v) is 4.71. The summed E-state index contributed by atoms with van der Waals surface area (Å²) in [5.41, 5.74) is 1.33. The standard InChI is InChI=1S/C22H27NO6S/c1-16(2)29-20-10-8-17(14-21(20)27-3)9-11-22(24)23-18-6-5-7-19(15-18)28-12-13-30(4,25)26/h5-11,14-16H,12-13H2,1-4H3,(H,23,24)/b11-9+. The zero-order valence-electron chi connectivity index (χ0n) is 17.5. The Balaban J connectivity index is 1.98. The minimum absolute atomic E-state index is 0.0252. The number of carbonyl (C=O) groups is 1. The molecule has 2 aromatic rings. The predicted octanol–water partition coefficient (Wildman–Crippen LogP) is 3.56. The molecule has 0 unspecified atom stereocenters. The van der Waals surface area contributed by atoms with Gasteiger partial charge in [-0.25, -0.2) is 8.42 Å². The third kappa shape index (κ3) is 8.16. The lowest BCUT2D eigenvalue weighted by Crippen LogP contribution is -2.12. The minimum Gasteiger partial charge on any atom is -0.493 e. The molecule has 162 valence electrons. The lowest BCUT2D eigenvalue weighted by atomic mass is 10.2. The summed E-state index contributed by atoms with van der Waals surface area (Å²) in [5.74, 6) is 1.32. The van der Waals surface area contributed by atoms with Gasteiger partial charge in [0.25, 0.3) is 0 Å². The third-order valence-electron chi connectivity index (χ3n) is 3.80. The van der Waals surface area contributed by atoms with Crippen LogP contribution in [0.1, 0.15) is 19.4 Å². The molecule has 0 saturated carbocycles. The first-order chi connectivity index (χ1) is 14.2. The summed E-state index contributed by atoms with van der Waals surface area (Å²) in [4.78, 5) is 12.2. The van der Waals surface area contributed by atoms with E-state index in [9.17, 15) is 13.2 Å². The molecule has 7 nitrogen and oxygen atoms in total. The van der Waals surface area contributed by atoms with Crippen molar-refractivity contribution in [1.29, 1.82) is 0 Å². The van der Waals surface area contributed by atoms with Gasteiger partial charge in [0.15, 0.2) is 21.3 Å². The quantitative estimate of drug-likeness (QED) is 0.576. The molecule has 0 aromatic heterocycles. The normalized spacial score (nSPS) is 11.5. The summed E-state index contributed by atoms with van der Waals surface area (Å²) >= 11 is 0. The maximum absolute atomic E-state index is 12.2. The van der Waals surface area contributed by atoms with E-state index in [1.165, 1.54) is 6.08 Å². The van der Waals surface area contributed by atoms with Crippen molar-refractivity contribution in [3.05, 3.63) is 54.1 Å². The Bertz CT molecular complexity index is 998. The largest absolute Gasteiger partial charge is 0.493 e. The smallest absolute Gasteiger partial charge is 0.248 e. The molecule has 0 atom stereocenters. The molecule has 0 aliphatic rings. The summed E-state index contributed by atoms with van der Waals surface area (Å²) < 4.78 is 38.8. The summed E-state index contributed by atoms with van der Waals surface area (Å²) in [5, 5.41) is 2.75. The maximum atomic E-state index is 12.2. The van der Waals surface area contributed by atoms with Crippen LogP contribution in [0.2, 0.25) is 0 Å². The summed E-state index contributed by atoms with van der Waals surface area (Å²) in [6, 6.07) is 12.2. The van der Waals surface area contributed by atoms with Crippen molar-refractivity contribution in [3.63, 3.8) is 0 Å². The molecule has 0 radical (unpaired) electrons. The number of methoxy groups -OCH3 is 1. The van der Waals surface area contributed by atoms with Crippen LogP contribution in [0.4, 0.5) is 5.69 Å². The number of hydrogen-bond acceptors (Lipinski definition) is 6. The van der Waals surface area contributed by atoms with Gasteiger partial charge in [0.2, 0.25) is 5.91 Å². The van der Waals surface area contributed by atoms with Crippen LogP contribution in [-0.4, -0.2) is 46.2 Å². The number of rotatable bonds is 10. The van der Waals surface area contributed by atoms with E-state index in [-0.39, 0.29) is 24.4 Å². The van der Waals surface area contributed by atoms with Gasteiger partial charge in [-0.05, 0) is 49.8 Å². The van der Waals surface area contributed by atoms with Crippen molar-refractivity contribution in [1.82, 2.24) is 0 Å². The van der Waals surface area contributed by atoms with Crippen LogP contribution in [0.3, 0.4) is 0 Å². The number of hydrogen-bond donors (Lipinski definition) is 1. The summed E-state index contributed by atoms with van der Waals surface area (Å²) in [7, 11) is -1.53. The van der Waals surface area contributed by atoms with E-state index in [0.29, 0.717) is 22.9 Å². The molecule has 2 rings (SSSR count). The van der Waals surface area contributed by atoms with E-state index in [1.54, 1.807) is 49.6 Å². The van der Waals surface area contributed by atoms with E-state index >= 15 is 0 Å². The second-order valence-electron chi connectivity index (χ2n) is 6.91. The first-order valence-electron chi connectivity index (χ1n) is 9.40. The van der Waals surface area contributed by atoms with Crippen LogP contribution in [-0.2, 0) is 14.6 Å². The number of benzene rings is 2. The summed E-state index contributed by atoms with van der Waals surface area (Å²) in [6.07, 6.45) is 4.26. The molecular formula is C22H27NO6S. The molecular weight excluding hydrogens is 406 g/mol. The monoisotopic (exact) mass is 433 g/mol. The van der Waals surface area contributed by atoms with Gasteiger partial charge >= 0.3 is 0 Å². The van der Waals surface area contributed by atoms with Crippen molar-refractivity contribution in [2.24, 2.45) is 0 Å². The highest BCUT2D eigenvalue weighted by atomic mass is 32.2. The van der Waals surface area contributed by atoms with E-state index in [4.69, 9.17) is 14.2 Å². The molecule has 2 aromatic carbocycles. The molecule has 0 fully saturated rings. The Morgan fingerprint density at radius 3 is 2.57 bits per heavy atom. The van der Waals surface area contributed by atoms with Crippen LogP contribution in [0.5, 0.6) is 17.2 Å². The second kappa shape index (κ2) is 10.7. The zero-order chi connectivity index (χ0) is 22.1. The fraction of sp³-hybridized carbons (Fsp3) is 0.318. The number of sulfone groups is 1. The Labute approximate surface area is 177 Å².